The minimum atomic E-state index is -1.10. The van der Waals surface area contributed by atoms with Gasteiger partial charge in [-0.05, 0) is 76.4 Å². The number of hydrogen-bond donors (Lipinski definition) is 2. The predicted octanol–water partition coefficient (Wildman–Crippen LogP) is 1.81. The third kappa shape index (κ3) is 5.86. The van der Waals surface area contributed by atoms with Crippen LogP contribution in [0.15, 0.2) is 24.3 Å². The van der Waals surface area contributed by atoms with Crippen molar-refractivity contribution in [3.05, 3.63) is 29.8 Å². The van der Waals surface area contributed by atoms with E-state index in [4.69, 9.17) is 9.47 Å². The summed E-state index contributed by atoms with van der Waals surface area (Å²) in [5.41, 5.74) is -0.858. The number of piperidine rings is 1. The molecule has 2 amide bonds. The number of carbonyl (C=O) groups is 2. The van der Waals surface area contributed by atoms with E-state index in [-0.39, 0.29) is 24.5 Å². The molecule has 3 aliphatic heterocycles. The van der Waals surface area contributed by atoms with Gasteiger partial charge in [-0.1, -0.05) is 0 Å². The van der Waals surface area contributed by atoms with Crippen LogP contribution in [0.3, 0.4) is 0 Å². The zero-order valence-electron chi connectivity index (χ0n) is 19.8. The quantitative estimate of drug-likeness (QED) is 0.674. The first-order valence-electron chi connectivity index (χ1n) is 12.1. The maximum absolute atomic E-state index is 13.0. The van der Waals surface area contributed by atoms with E-state index in [1.807, 2.05) is 29.2 Å². The summed E-state index contributed by atoms with van der Waals surface area (Å²) in [5, 5.41) is 13.5. The van der Waals surface area contributed by atoms with Gasteiger partial charge < -0.3 is 24.8 Å². The summed E-state index contributed by atoms with van der Waals surface area (Å²) in [4.78, 5) is 28.9. The van der Waals surface area contributed by atoms with Crippen molar-refractivity contribution >= 4 is 11.8 Å². The minimum absolute atomic E-state index is 0.00897. The molecule has 3 aliphatic rings. The first-order chi connectivity index (χ1) is 15.8. The normalized spacial score (nSPS) is 27.5. The van der Waals surface area contributed by atoms with Crippen LogP contribution in [-0.4, -0.2) is 89.9 Å². The van der Waals surface area contributed by atoms with Crippen molar-refractivity contribution in [3.63, 3.8) is 0 Å². The van der Waals surface area contributed by atoms with E-state index in [1.54, 1.807) is 6.92 Å². The van der Waals surface area contributed by atoms with Crippen LogP contribution in [0.1, 0.15) is 56.3 Å². The fourth-order valence-corrected chi connectivity index (χ4v) is 5.14. The summed E-state index contributed by atoms with van der Waals surface area (Å²) in [6, 6.07) is 7.04. The molecule has 0 aliphatic carbocycles. The molecule has 33 heavy (non-hydrogen) atoms. The molecule has 0 radical (unpaired) electrons. The summed E-state index contributed by atoms with van der Waals surface area (Å²) in [6.07, 6.45) is 4.46. The van der Waals surface area contributed by atoms with Gasteiger partial charge in [-0.3, -0.25) is 14.5 Å². The molecule has 4 rings (SSSR count). The maximum Gasteiger partial charge on any atom is 0.253 e. The lowest BCUT2D eigenvalue weighted by Gasteiger charge is -2.50. The molecule has 1 aromatic rings. The summed E-state index contributed by atoms with van der Waals surface area (Å²) < 4.78 is 11.9. The van der Waals surface area contributed by atoms with E-state index >= 15 is 0 Å². The first kappa shape index (κ1) is 24.0. The number of aliphatic hydroxyl groups is 1. The summed E-state index contributed by atoms with van der Waals surface area (Å²) in [6.45, 7) is 8.42. The van der Waals surface area contributed by atoms with Crippen molar-refractivity contribution in [3.8, 4) is 5.75 Å². The molecule has 0 bridgehead atoms. The molecule has 8 nitrogen and oxygen atoms in total. The van der Waals surface area contributed by atoms with Gasteiger partial charge in [-0.2, -0.15) is 0 Å². The van der Waals surface area contributed by atoms with Crippen molar-refractivity contribution in [1.29, 1.82) is 0 Å². The maximum atomic E-state index is 13.0. The first-order valence-corrected chi connectivity index (χ1v) is 12.1. The van der Waals surface area contributed by atoms with Gasteiger partial charge in [0.25, 0.3) is 5.91 Å². The number of rotatable bonds is 6. The highest BCUT2D eigenvalue weighted by Gasteiger charge is 2.49. The second-order valence-corrected chi connectivity index (χ2v) is 10.00. The molecule has 1 aromatic carbocycles. The second-order valence-electron chi connectivity index (χ2n) is 10.00. The van der Waals surface area contributed by atoms with Crippen LogP contribution in [0.4, 0.5) is 0 Å². The molecule has 3 heterocycles. The number of carbonyl (C=O) groups excluding carboxylic acids is 2. The van der Waals surface area contributed by atoms with Crippen molar-refractivity contribution in [2.75, 3.05) is 45.9 Å². The molecule has 8 heteroatoms. The van der Waals surface area contributed by atoms with Gasteiger partial charge in [-0.25, -0.2) is 0 Å². The van der Waals surface area contributed by atoms with Crippen molar-refractivity contribution < 1.29 is 24.2 Å². The van der Waals surface area contributed by atoms with Crippen LogP contribution >= 0.6 is 0 Å². The average Bonchev–Trinajstić information content (AvgIpc) is 3.31. The molecular formula is C25H37N3O5. The van der Waals surface area contributed by atoms with E-state index in [2.05, 4.69) is 10.2 Å². The van der Waals surface area contributed by atoms with Gasteiger partial charge in [0, 0.05) is 32.1 Å². The topological polar surface area (TPSA) is 91.3 Å². The third-order valence-corrected chi connectivity index (χ3v) is 7.31. The van der Waals surface area contributed by atoms with E-state index < -0.39 is 11.2 Å². The lowest BCUT2D eigenvalue weighted by molar-refractivity contribution is -0.191. The van der Waals surface area contributed by atoms with Gasteiger partial charge >= 0.3 is 0 Å². The van der Waals surface area contributed by atoms with Crippen molar-refractivity contribution in [2.24, 2.45) is 0 Å². The molecule has 2 N–H and O–H groups in total. The molecule has 0 aromatic heterocycles. The van der Waals surface area contributed by atoms with Gasteiger partial charge in [0.1, 0.15) is 18.0 Å². The van der Waals surface area contributed by atoms with E-state index in [1.165, 1.54) is 19.8 Å². The molecule has 1 spiro atoms. The Bertz CT molecular complexity index is 827. The number of benzene rings is 1. The molecule has 0 saturated carbocycles. The Morgan fingerprint density at radius 1 is 1.15 bits per heavy atom. The van der Waals surface area contributed by atoms with Crippen LogP contribution in [0, 0.1) is 0 Å². The summed E-state index contributed by atoms with van der Waals surface area (Å²) in [7, 11) is 0. The molecular weight excluding hydrogens is 422 g/mol. The van der Waals surface area contributed by atoms with E-state index in [0.29, 0.717) is 44.5 Å². The van der Waals surface area contributed by atoms with E-state index in [9.17, 15) is 14.7 Å². The number of likely N-dealkylation sites (tertiary alicyclic amines) is 2. The van der Waals surface area contributed by atoms with Crippen LogP contribution in [0.25, 0.3) is 0 Å². The molecule has 3 saturated heterocycles. The monoisotopic (exact) mass is 459 g/mol. The Morgan fingerprint density at radius 3 is 2.45 bits per heavy atom. The fourth-order valence-electron chi connectivity index (χ4n) is 5.14. The lowest BCUT2D eigenvalue weighted by Crippen LogP contribution is -2.63. The zero-order chi connectivity index (χ0) is 23.5. The number of hydrogen-bond acceptors (Lipinski definition) is 6. The van der Waals surface area contributed by atoms with Crippen molar-refractivity contribution in [1.82, 2.24) is 15.1 Å². The van der Waals surface area contributed by atoms with Gasteiger partial charge in [0.05, 0.1) is 18.2 Å². The lowest BCUT2D eigenvalue weighted by atomic mass is 9.77. The molecule has 3 fully saturated rings. The zero-order valence-corrected chi connectivity index (χ0v) is 19.8. The number of nitrogens with zero attached hydrogens (tertiary/aromatic N) is 2. The number of amides is 2. The Balaban J connectivity index is 1.27. The Kier molecular flexibility index (Phi) is 7.26. The largest absolute Gasteiger partial charge is 0.492 e. The van der Waals surface area contributed by atoms with Crippen LogP contribution in [0.5, 0.6) is 5.75 Å². The summed E-state index contributed by atoms with van der Waals surface area (Å²) in [5.74, 6) is 0.637. The summed E-state index contributed by atoms with van der Waals surface area (Å²) >= 11 is 0. The molecule has 2 atom stereocenters. The highest BCUT2D eigenvalue weighted by atomic mass is 16.5. The van der Waals surface area contributed by atoms with Crippen LogP contribution in [0.2, 0.25) is 0 Å². The van der Waals surface area contributed by atoms with Crippen LogP contribution in [-0.2, 0) is 9.53 Å². The molecule has 0 unspecified atom stereocenters. The standard InChI is InChI=1S/C25H37N3O5/c1-19(29)26-22-17-25(33-18-24(22,2)31)9-13-28(14-10-25)23(30)20-5-7-21(8-6-20)32-16-15-27-11-3-4-12-27/h5-8,22,31H,3-4,9-18H2,1-2H3,(H,26,29)/t22-,24-/m0/s1. The second kappa shape index (κ2) is 9.99. The number of nitrogens with one attached hydrogen (secondary N) is 1. The third-order valence-electron chi connectivity index (χ3n) is 7.31. The van der Waals surface area contributed by atoms with Crippen LogP contribution < -0.4 is 10.1 Å². The smallest absolute Gasteiger partial charge is 0.253 e. The number of ether oxygens (including phenoxy) is 2. The predicted molar refractivity (Wildman–Crippen MR) is 124 cm³/mol. The Labute approximate surface area is 196 Å². The fraction of sp³-hybridized carbons (Fsp3) is 0.680. The highest BCUT2D eigenvalue weighted by Crippen LogP contribution is 2.38. The Hall–Kier alpha value is -2.16. The van der Waals surface area contributed by atoms with Gasteiger partial charge in [0.15, 0.2) is 0 Å². The highest BCUT2D eigenvalue weighted by molar-refractivity contribution is 5.94. The van der Waals surface area contributed by atoms with Crippen molar-refractivity contribution in [2.45, 2.75) is 63.2 Å². The Morgan fingerprint density at radius 2 is 1.82 bits per heavy atom. The molecule has 182 valence electrons. The SMILES string of the molecule is CC(=O)N[C@H]1CC2(CCN(C(=O)c3ccc(OCCN4CCCC4)cc3)CC2)OC[C@]1(C)O. The van der Waals surface area contributed by atoms with Gasteiger partial charge in [0.2, 0.25) is 5.91 Å². The van der Waals surface area contributed by atoms with E-state index in [0.717, 1.165) is 25.4 Å². The van der Waals surface area contributed by atoms with Gasteiger partial charge in [-0.15, -0.1) is 0 Å². The minimum Gasteiger partial charge on any atom is -0.492 e. The average molecular weight is 460 g/mol.